The van der Waals surface area contributed by atoms with Crippen molar-refractivity contribution in [3.8, 4) is 10.7 Å². The summed E-state index contributed by atoms with van der Waals surface area (Å²) in [5.74, 6) is 0. The number of hydrogen-bond acceptors (Lipinski definition) is 4. The molecule has 0 radical (unpaired) electrons. The zero-order valence-electron chi connectivity index (χ0n) is 9.77. The summed E-state index contributed by atoms with van der Waals surface area (Å²) in [5, 5.41) is 6.49. The van der Waals surface area contributed by atoms with Crippen LogP contribution in [0.2, 0.25) is 0 Å². The first-order chi connectivity index (χ1) is 7.72. The molecule has 1 atom stereocenters. The number of aryl methyl sites for hydroxylation is 1. The highest BCUT2D eigenvalue weighted by Crippen LogP contribution is 2.25. The molecule has 2 heterocycles. The fourth-order valence-corrected chi connectivity index (χ4v) is 2.54. The minimum Gasteiger partial charge on any atom is -0.332 e. The molecule has 0 saturated heterocycles. The summed E-state index contributed by atoms with van der Waals surface area (Å²) in [7, 11) is 1.98. The van der Waals surface area contributed by atoms with Crippen LogP contribution < -0.4 is 5.32 Å². The van der Waals surface area contributed by atoms with E-state index in [9.17, 15) is 0 Å². The van der Waals surface area contributed by atoms with Crippen LogP contribution in [0.5, 0.6) is 0 Å². The van der Waals surface area contributed by atoms with Crippen molar-refractivity contribution in [3.05, 3.63) is 23.6 Å². The van der Waals surface area contributed by atoms with Crippen molar-refractivity contribution < 1.29 is 0 Å². The van der Waals surface area contributed by atoms with Crippen LogP contribution in [0.4, 0.5) is 0 Å². The van der Waals surface area contributed by atoms with Crippen LogP contribution in [0.25, 0.3) is 10.7 Å². The molecule has 0 fully saturated rings. The van der Waals surface area contributed by atoms with Gasteiger partial charge in [-0.3, -0.25) is 0 Å². The summed E-state index contributed by atoms with van der Waals surface area (Å²) in [6.45, 7) is 5.19. The second-order valence-corrected chi connectivity index (χ2v) is 4.60. The zero-order chi connectivity index (χ0) is 11.5. The van der Waals surface area contributed by atoms with Gasteiger partial charge >= 0.3 is 0 Å². The summed E-state index contributed by atoms with van der Waals surface area (Å²) < 4.78 is 1.99. The molecule has 0 spiro atoms. The van der Waals surface area contributed by atoms with Crippen molar-refractivity contribution in [3.63, 3.8) is 0 Å². The van der Waals surface area contributed by atoms with Gasteiger partial charge in [-0.15, -0.1) is 11.3 Å². The number of aromatic nitrogens is 3. The normalized spacial score (nSPS) is 12.9. The molecule has 0 aliphatic carbocycles. The lowest BCUT2D eigenvalue weighted by Gasteiger charge is -2.08. The van der Waals surface area contributed by atoms with Crippen molar-refractivity contribution in [1.82, 2.24) is 19.9 Å². The van der Waals surface area contributed by atoms with Gasteiger partial charge in [0.05, 0.1) is 23.9 Å². The molecule has 1 N–H and O–H groups in total. The number of nitrogens with one attached hydrogen (secondary N) is 1. The molecule has 16 heavy (non-hydrogen) atoms. The van der Waals surface area contributed by atoms with E-state index in [2.05, 4.69) is 34.5 Å². The van der Waals surface area contributed by atoms with E-state index in [1.807, 2.05) is 17.8 Å². The van der Waals surface area contributed by atoms with Crippen LogP contribution in [0, 0.1) is 0 Å². The molecule has 2 aromatic rings. The van der Waals surface area contributed by atoms with Crippen molar-refractivity contribution in [2.75, 3.05) is 6.54 Å². The van der Waals surface area contributed by atoms with Crippen molar-refractivity contribution >= 4 is 11.3 Å². The van der Waals surface area contributed by atoms with Gasteiger partial charge in [0.15, 0.2) is 0 Å². The SMILES string of the molecule is CCNC(C)c1csc(-c2cncn2C)n1. The minimum atomic E-state index is 0.309. The number of rotatable bonds is 4. The maximum Gasteiger partial charge on any atom is 0.141 e. The molecule has 0 bridgehead atoms. The van der Waals surface area contributed by atoms with Gasteiger partial charge in [0, 0.05) is 18.5 Å². The fraction of sp³-hybridized carbons (Fsp3) is 0.455. The number of imidazole rings is 1. The monoisotopic (exact) mass is 236 g/mol. The predicted octanol–water partition coefficient (Wildman–Crippen LogP) is 2.21. The van der Waals surface area contributed by atoms with E-state index in [1.54, 1.807) is 17.7 Å². The first-order valence-corrected chi connectivity index (χ1v) is 6.25. The second kappa shape index (κ2) is 4.76. The molecule has 0 amide bonds. The van der Waals surface area contributed by atoms with Crippen molar-refractivity contribution in [1.29, 1.82) is 0 Å². The van der Waals surface area contributed by atoms with E-state index in [0.717, 1.165) is 22.9 Å². The summed E-state index contributed by atoms with van der Waals surface area (Å²) in [4.78, 5) is 8.73. The number of hydrogen-bond donors (Lipinski definition) is 1. The molecule has 4 nitrogen and oxygen atoms in total. The van der Waals surface area contributed by atoms with Gasteiger partial charge in [-0.25, -0.2) is 9.97 Å². The molecule has 2 rings (SSSR count). The standard InChI is InChI=1S/C11H16N4S/c1-4-13-8(2)9-6-16-11(14-9)10-5-12-7-15(10)3/h5-8,13H,4H2,1-3H3. The third-order valence-electron chi connectivity index (χ3n) is 2.51. The molecule has 86 valence electrons. The highest BCUT2D eigenvalue weighted by Gasteiger charge is 2.11. The van der Waals surface area contributed by atoms with Crippen molar-refractivity contribution in [2.45, 2.75) is 19.9 Å². The van der Waals surface area contributed by atoms with E-state index >= 15 is 0 Å². The Balaban J connectivity index is 2.23. The molecule has 0 saturated carbocycles. The van der Waals surface area contributed by atoms with E-state index in [1.165, 1.54) is 0 Å². The summed E-state index contributed by atoms with van der Waals surface area (Å²) >= 11 is 1.66. The van der Waals surface area contributed by atoms with Crippen LogP contribution in [0.3, 0.4) is 0 Å². The summed E-state index contributed by atoms with van der Waals surface area (Å²) in [6.07, 6.45) is 3.64. The van der Waals surface area contributed by atoms with Crippen molar-refractivity contribution in [2.24, 2.45) is 7.05 Å². The second-order valence-electron chi connectivity index (χ2n) is 3.75. The molecule has 1 unspecified atom stereocenters. The Bertz CT molecular complexity index is 460. The zero-order valence-corrected chi connectivity index (χ0v) is 10.6. The van der Waals surface area contributed by atoms with Crippen LogP contribution in [0.1, 0.15) is 25.6 Å². The Morgan fingerprint density at radius 3 is 3.00 bits per heavy atom. The molecule has 0 aliphatic heterocycles. The molecular weight excluding hydrogens is 220 g/mol. The van der Waals surface area contributed by atoms with E-state index < -0.39 is 0 Å². The van der Waals surface area contributed by atoms with Gasteiger partial charge < -0.3 is 9.88 Å². The Labute approximate surface area is 99.4 Å². The third-order valence-corrected chi connectivity index (χ3v) is 3.39. The predicted molar refractivity (Wildman–Crippen MR) is 66.4 cm³/mol. The van der Waals surface area contributed by atoms with E-state index in [4.69, 9.17) is 0 Å². The van der Waals surface area contributed by atoms with Gasteiger partial charge in [0.2, 0.25) is 0 Å². The molecule has 2 aromatic heterocycles. The Hall–Kier alpha value is -1.20. The van der Waals surface area contributed by atoms with Gasteiger partial charge in [-0.2, -0.15) is 0 Å². The van der Waals surface area contributed by atoms with Crippen LogP contribution >= 0.6 is 11.3 Å². The fourth-order valence-electron chi connectivity index (χ4n) is 1.58. The Morgan fingerprint density at radius 1 is 1.56 bits per heavy atom. The number of nitrogens with zero attached hydrogens (tertiary/aromatic N) is 3. The largest absolute Gasteiger partial charge is 0.332 e. The van der Waals surface area contributed by atoms with Crippen LogP contribution in [0.15, 0.2) is 17.9 Å². The lowest BCUT2D eigenvalue weighted by molar-refractivity contribution is 0.586. The first-order valence-electron chi connectivity index (χ1n) is 5.38. The Kier molecular flexibility index (Phi) is 3.36. The maximum absolute atomic E-state index is 4.63. The quantitative estimate of drug-likeness (QED) is 0.885. The molecular formula is C11H16N4S. The minimum absolute atomic E-state index is 0.309. The average molecular weight is 236 g/mol. The van der Waals surface area contributed by atoms with Gasteiger partial charge in [0.25, 0.3) is 0 Å². The lowest BCUT2D eigenvalue weighted by atomic mass is 10.2. The third kappa shape index (κ3) is 2.15. The summed E-state index contributed by atoms with van der Waals surface area (Å²) in [6, 6.07) is 0.309. The van der Waals surface area contributed by atoms with E-state index in [0.29, 0.717) is 6.04 Å². The summed E-state index contributed by atoms with van der Waals surface area (Å²) in [5.41, 5.74) is 2.17. The highest BCUT2D eigenvalue weighted by molar-refractivity contribution is 7.13. The van der Waals surface area contributed by atoms with Crippen LogP contribution in [-0.4, -0.2) is 21.1 Å². The van der Waals surface area contributed by atoms with Crippen LogP contribution in [-0.2, 0) is 7.05 Å². The molecule has 5 heteroatoms. The number of thiazole rings is 1. The molecule has 0 aliphatic rings. The van der Waals surface area contributed by atoms with Gasteiger partial charge in [-0.1, -0.05) is 6.92 Å². The topological polar surface area (TPSA) is 42.7 Å². The lowest BCUT2D eigenvalue weighted by Crippen LogP contribution is -2.17. The highest BCUT2D eigenvalue weighted by atomic mass is 32.1. The van der Waals surface area contributed by atoms with E-state index in [-0.39, 0.29) is 0 Å². The average Bonchev–Trinajstić information content (AvgIpc) is 2.86. The van der Waals surface area contributed by atoms with Gasteiger partial charge in [-0.05, 0) is 13.5 Å². The first kappa shape index (κ1) is 11.3. The Morgan fingerprint density at radius 2 is 2.38 bits per heavy atom. The molecule has 0 aromatic carbocycles. The van der Waals surface area contributed by atoms with Gasteiger partial charge in [0.1, 0.15) is 5.01 Å². The maximum atomic E-state index is 4.63. The smallest absolute Gasteiger partial charge is 0.141 e.